The first-order chi connectivity index (χ1) is 8.06. The standard InChI is InChI=1S/C11H13Br2NO2S/c12-8-4-9(17-10(8)13)11(16)14-5-6-1-2-7(15)3-6/h4,6-7,15H,1-3,5H2,(H,14,16). The molecule has 0 saturated heterocycles. The molecule has 2 rings (SSSR count). The summed E-state index contributed by atoms with van der Waals surface area (Å²) >= 11 is 8.14. The Kier molecular flexibility index (Phi) is 4.63. The largest absolute Gasteiger partial charge is 0.393 e. The highest BCUT2D eigenvalue weighted by Gasteiger charge is 2.23. The van der Waals surface area contributed by atoms with Crippen molar-refractivity contribution in [2.24, 2.45) is 5.92 Å². The number of thiophene rings is 1. The van der Waals surface area contributed by atoms with E-state index in [1.54, 1.807) is 0 Å². The summed E-state index contributed by atoms with van der Waals surface area (Å²) in [6, 6.07) is 1.81. The molecule has 1 aromatic rings. The first kappa shape index (κ1) is 13.5. The highest BCUT2D eigenvalue weighted by molar-refractivity contribution is 9.13. The van der Waals surface area contributed by atoms with Crippen LogP contribution in [0.25, 0.3) is 0 Å². The minimum Gasteiger partial charge on any atom is -0.393 e. The van der Waals surface area contributed by atoms with E-state index in [0.29, 0.717) is 17.3 Å². The summed E-state index contributed by atoms with van der Waals surface area (Å²) in [5, 5.41) is 12.3. The number of hydrogen-bond donors (Lipinski definition) is 2. The van der Waals surface area contributed by atoms with Crippen LogP contribution in [-0.4, -0.2) is 23.7 Å². The van der Waals surface area contributed by atoms with Gasteiger partial charge < -0.3 is 10.4 Å². The quantitative estimate of drug-likeness (QED) is 0.843. The fourth-order valence-electron chi connectivity index (χ4n) is 2.02. The van der Waals surface area contributed by atoms with E-state index in [1.165, 1.54) is 11.3 Å². The summed E-state index contributed by atoms with van der Waals surface area (Å²) in [6.07, 6.45) is 2.48. The molecule has 0 bridgehead atoms. The Balaban J connectivity index is 1.85. The summed E-state index contributed by atoms with van der Waals surface area (Å²) in [7, 11) is 0. The molecule has 0 aromatic carbocycles. The molecular weight excluding hydrogens is 370 g/mol. The third-order valence-electron chi connectivity index (χ3n) is 2.93. The molecule has 0 spiro atoms. The van der Waals surface area contributed by atoms with Crippen molar-refractivity contribution >= 4 is 49.1 Å². The lowest BCUT2D eigenvalue weighted by Gasteiger charge is -2.09. The molecule has 2 N–H and O–H groups in total. The normalized spacial score (nSPS) is 23.9. The van der Waals surface area contributed by atoms with Crippen LogP contribution in [0.1, 0.15) is 28.9 Å². The zero-order valence-corrected chi connectivity index (χ0v) is 13.1. The van der Waals surface area contributed by atoms with Gasteiger partial charge in [-0.05, 0) is 63.1 Å². The van der Waals surface area contributed by atoms with Gasteiger partial charge >= 0.3 is 0 Å². The highest BCUT2D eigenvalue weighted by Crippen LogP contribution is 2.32. The summed E-state index contributed by atoms with van der Waals surface area (Å²) in [5.74, 6) is 0.378. The topological polar surface area (TPSA) is 49.3 Å². The van der Waals surface area contributed by atoms with Gasteiger partial charge in [-0.1, -0.05) is 0 Å². The smallest absolute Gasteiger partial charge is 0.261 e. The average Bonchev–Trinajstić information content (AvgIpc) is 2.83. The van der Waals surface area contributed by atoms with Crippen molar-refractivity contribution in [3.63, 3.8) is 0 Å². The molecule has 1 aliphatic rings. The van der Waals surface area contributed by atoms with Crippen molar-refractivity contribution < 1.29 is 9.90 Å². The van der Waals surface area contributed by atoms with Crippen LogP contribution in [0.2, 0.25) is 0 Å². The second-order valence-corrected chi connectivity index (χ2v) is 7.50. The molecule has 2 atom stereocenters. The molecular formula is C11H13Br2NO2S. The first-order valence-corrected chi connectivity index (χ1v) is 7.87. The average molecular weight is 383 g/mol. The van der Waals surface area contributed by atoms with Gasteiger partial charge in [-0.25, -0.2) is 0 Å². The van der Waals surface area contributed by atoms with E-state index in [9.17, 15) is 9.90 Å². The molecule has 1 fully saturated rings. The van der Waals surface area contributed by atoms with Gasteiger partial charge in [0.2, 0.25) is 0 Å². The van der Waals surface area contributed by atoms with Crippen LogP contribution in [0.5, 0.6) is 0 Å². The van der Waals surface area contributed by atoms with Crippen LogP contribution in [0.3, 0.4) is 0 Å². The second kappa shape index (κ2) is 5.82. The van der Waals surface area contributed by atoms with Crippen molar-refractivity contribution in [1.29, 1.82) is 0 Å². The Morgan fingerprint density at radius 3 is 2.82 bits per heavy atom. The fraction of sp³-hybridized carbons (Fsp3) is 0.545. The van der Waals surface area contributed by atoms with Gasteiger partial charge in [0, 0.05) is 11.0 Å². The number of halogens is 2. The Hall–Kier alpha value is 0.0900. The predicted molar refractivity (Wildman–Crippen MR) is 75.4 cm³/mol. The fourth-order valence-corrected chi connectivity index (χ4v) is 3.97. The number of hydrogen-bond acceptors (Lipinski definition) is 3. The lowest BCUT2D eigenvalue weighted by molar-refractivity contribution is 0.0949. The molecule has 6 heteroatoms. The van der Waals surface area contributed by atoms with Crippen molar-refractivity contribution in [3.05, 3.63) is 19.2 Å². The molecule has 1 amide bonds. The lowest BCUT2D eigenvalue weighted by Crippen LogP contribution is -2.28. The number of aliphatic hydroxyl groups is 1. The summed E-state index contributed by atoms with van der Waals surface area (Å²) < 4.78 is 1.84. The third kappa shape index (κ3) is 3.53. The Bertz CT molecular complexity index is 402. The Morgan fingerprint density at radius 1 is 1.53 bits per heavy atom. The van der Waals surface area contributed by atoms with Crippen molar-refractivity contribution in [1.82, 2.24) is 5.32 Å². The Labute approximate surface area is 121 Å². The molecule has 1 saturated carbocycles. The summed E-state index contributed by atoms with van der Waals surface area (Å²) in [5.41, 5.74) is 0. The van der Waals surface area contributed by atoms with E-state index in [1.807, 2.05) is 6.07 Å². The first-order valence-electron chi connectivity index (χ1n) is 5.47. The van der Waals surface area contributed by atoms with E-state index in [0.717, 1.165) is 27.5 Å². The maximum absolute atomic E-state index is 11.8. The van der Waals surface area contributed by atoms with Gasteiger partial charge in [0.15, 0.2) is 0 Å². The molecule has 0 radical (unpaired) electrons. The van der Waals surface area contributed by atoms with Gasteiger partial charge in [-0.15, -0.1) is 11.3 Å². The molecule has 1 aromatic heterocycles. The van der Waals surface area contributed by atoms with Gasteiger partial charge in [-0.3, -0.25) is 4.79 Å². The molecule has 17 heavy (non-hydrogen) atoms. The Morgan fingerprint density at radius 2 is 2.29 bits per heavy atom. The predicted octanol–water partition coefficient (Wildman–Crippen LogP) is 3.16. The number of amides is 1. The minimum atomic E-state index is -0.179. The number of carbonyl (C=O) groups is 1. The number of nitrogens with one attached hydrogen (secondary N) is 1. The van der Waals surface area contributed by atoms with Crippen LogP contribution >= 0.6 is 43.2 Å². The van der Waals surface area contributed by atoms with E-state index in [4.69, 9.17) is 0 Å². The van der Waals surface area contributed by atoms with Crippen molar-refractivity contribution in [2.45, 2.75) is 25.4 Å². The lowest BCUT2D eigenvalue weighted by atomic mass is 10.1. The number of carbonyl (C=O) groups excluding carboxylic acids is 1. The molecule has 0 aliphatic heterocycles. The molecule has 1 aliphatic carbocycles. The van der Waals surface area contributed by atoms with Crippen LogP contribution < -0.4 is 5.32 Å². The molecule has 2 unspecified atom stereocenters. The van der Waals surface area contributed by atoms with Crippen LogP contribution in [0.15, 0.2) is 14.3 Å². The van der Waals surface area contributed by atoms with Gasteiger partial charge in [0.05, 0.1) is 14.8 Å². The summed E-state index contributed by atoms with van der Waals surface area (Å²) in [4.78, 5) is 12.5. The molecule has 94 valence electrons. The molecule has 1 heterocycles. The highest BCUT2D eigenvalue weighted by atomic mass is 79.9. The van der Waals surface area contributed by atoms with E-state index < -0.39 is 0 Å². The van der Waals surface area contributed by atoms with Crippen LogP contribution in [-0.2, 0) is 0 Å². The van der Waals surface area contributed by atoms with Crippen molar-refractivity contribution in [2.75, 3.05) is 6.54 Å². The number of aliphatic hydroxyl groups excluding tert-OH is 1. The van der Waals surface area contributed by atoms with Crippen molar-refractivity contribution in [3.8, 4) is 0 Å². The zero-order chi connectivity index (χ0) is 12.4. The SMILES string of the molecule is O=C(NCC1CCC(O)C1)c1cc(Br)c(Br)s1. The van der Waals surface area contributed by atoms with Gasteiger partial charge in [0.1, 0.15) is 0 Å². The maximum Gasteiger partial charge on any atom is 0.261 e. The molecule has 3 nitrogen and oxygen atoms in total. The van der Waals surface area contributed by atoms with Crippen LogP contribution in [0, 0.1) is 5.92 Å². The van der Waals surface area contributed by atoms with Gasteiger partial charge in [0.25, 0.3) is 5.91 Å². The maximum atomic E-state index is 11.8. The van der Waals surface area contributed by atoms with E-state index >= 15 is 0 Å². The zero-order valence-electron chi connectivity index (χ0n) is 9.08. The van der Waals surface area contributed by atoms with E-state index in [-0.39, 0.29) is 12.0 Å². The monoisotopic (exact) mass is 381 g/mol. The second-order valence-electron chi connectivity index (χ2n) is 4.28. The minimum absolute atomic E-state index is 0.0391. The van der Waals surface area contributed by atoms with Gasteiger partial charge in [-0.2, -0.15) is 0 Å². The van der Waals surface area contributed by atoms with Crippen LogP contribution in [0.4, 0.5) is 0 Å². The third-order valence-corrected chi connectivity index (χ3v) is 6.19. The number of rotatable bonds is 3. The summed E-state index contributed by atoms with van der Waals surface area (Å²) in [6.45, 7) is 0.656. The van der Waals surface area contributed by atoms with E-state index in [2.05, 4.69) is 37.2 Å².